The molecule has 0 spiro atoms. The first-order valence-electron chi connectivity index (χ1n) is 15.1. The van der Waals surface area contributed by atoms with Crippen LogP contribution < -0.4 is 0 Å². The summed E-state index contributed by atoms with van der Waals surface area (Å²) in [5.41, 5.74) is -4.53. The first kappa shape index (κ1) is 35.1. The van der Waals surface area contributed by atoms with Crippen molar-refractivity contribution in [1.29, 1.82) is 0 Å². The first-order chi connectivity index (χ1) is 19.1. The van der Waals surface area contributed by atoms with Gasteiger partial charge in [0.1, 0.15) is 0 Å². The molecule has 3 fully saturated rings. The van der Waals surface area contributed by atoms with Crippen molar-refractivity contribution in [3.8, 4) is 0 Å². The number of allylic oxidation sites excluding steroid dienone is 4. The fraction of sp³-hybridized carbons (Fsp3) is 0.812. The lowest BCUT2D eigenvalue weighted by atomic mass is 9.55. The van der Waals surface area contributed by atoms with Gasteiger partial charge in [-0.15, -0.1) is 0 Å². The molecule has 6 atom stereocenters. The molecule has 10 heteroatoms. The highest BCUT2D eigenvalue weighted by molar-refractivity contribution is 5.27. The Morgan fingerprint density at radius 1 is 0.881 bits per heavy atom. The van der Waals surface area contributed by atoms with Gasteiger partial charge in [0.15, 0.2) is 0 Å². The van der Waals surface area contributed by atoms with Crippen LogP contribution in [0.15, 0.2) is 35.5 Å². The van der Waals surface area contributed by atoms with Gasteiger partial charge in [0.25, 0.3) is 5.60 Å². The third kappa shape index (κ3) is 7.83. The maximum Gasteiger partial charge on any atom is 0.429 e. The lowest BCUT2D eigenvalue weighted by Crippen LogP contribution is -2.55. The maximum atomic E-state index is 13.3. The molecule has 0 bridgehead atoms. The summed E-state index contributed by atoms with van der Waals surface area (Å²) in [6, 6.07) is 0. The number of hydrogen-bond donors (Lipinski definition) is 4. The van der Waals surface area contributed by atoms with Crippen LogP contribution in [0, 0.1) is 22.7 Å². The molecule has 3 saturated carbocycles. The molecule has 0 saturated heterocycles. The Hall–Kier alpha value is -1.36. The van der Waals surface area contributed by atoms with Crippen molar-refractivity contribution < 1.29 is 46.8 Å². The molecular formula is C32H48F6O4. The van der Waals surface area contributed by atoms with Gasteiger partial charge in [0.05, 0.1) is 17.8 Å². The van der Waals surface area contributed by atoms with E-state index in [2.05, 4.69) is 13.0 Å². The highest BCUT2D eigenvalue weighted by Gasteiger charge is 2.69. The van der Waals surface area contributed by atoms with E-state index in [1.165, 1.54) is 5.57 Å². The molecule has 4 N–H and O–H groups in total. The van der Waals surface area contributed by atoms with E-state index >= 15 is 0 Å². The number of aliphatic hydroxyl groups excluding tert-OH is 2. The van der Waals surface area contributed by atoms with Crippen LogP contribution in [-0.4, -0.2) is 56.2 Å². The molecular weight excluding hydrogens is 562 g/mol. The van der Waals surface area contributed by atoms with Gasteiger partial charge in [-0.3, -0.25) is 0 Å². The van der Waals surface area contributed by atoms with Gasteiger partial charge in [0, 0.05) is 0 Å². The fourth-order valence-electron chi connectivity index (χ4n) is 8.11. The van der Waals surface area contributed by atoms with Gasteiger partial charge in [0.2, 0.25) is 0 Å². The molecule has 3 aliphatic rings. The molecule has 0 aromatic carbocycles. The molecule has 4 nitrogen and oxygen atoms in total. The zero-order valence-corrected chi connectivity index (χ0v) is 25.2. The van der Waals surface area contributed by atoms with Crippen LogP contribution in [0.1, 0.15) is 105 Å². The Morgan fingerprint density at radius 2 is 1.48 bits per heavy atom. The van der Waals surface area contributed by atoms with Gasteiger partial charge >= 0.3 is 12.4 Å². The van der Waals surface area contributed by atoms with Crippen molar-refractivity contribution in [2.24, 2.45) is 22.7 Å². The van der Waals surface area contributed by atoms with Crippen molar-refractivity contribution in [2.75, 3.05) is 0 Å². The van der Waals surface area contributed by atoms with E-state index in [-0.39, 0.29) is 29.7 Å². The minimum Gasteiger partial charge on any atom is -0.393 e. The van der Waals surface area contributed by atoms with Crippen molar-refractivity contribution >= 4 is 0 Å². The van der Waals surface area contributed by atoms with Crippen LogP contribution in [0.3, 0.4) is 0 Å². The van der Waals surface area contributed by atoms with Gasteiger partial charge in [-0.1, -0.05) is 49.6 Å². The normalized spacial score (nSPS) is 32.3. The highest BCUT2D eigenvalue weighted by Crippen LogP contribution is 2.64. The number of alkyl halides is 6. The zero-order valence-electron chi connectivity index (χ0n) is 25.2. The maximum absolute atomic E-state index is 13.3. The van der Waals surface area contributed by atoms with Crippen LogP contribution in [0.4, 0.5) is 26.3 Å². The third-order valence-corrected chi connectivity index (χ3v) is 10.2. The lowest BCUT2D eigenvalue weighted by molar-refractivity contribution is -0.347. The van der Waals surface area contributed by atoms with Crippen LogP contribution in [0.5, 0.6) is 0 Å². The van der Waals surface area contributed by atoms with Crippen molar-refractivity contribution in [2.45, 2.75) is 141 Å². The lowest BCUT2D eigenvalue weighted by Gasteiger charge is -2.49. The number of fused-ring (bicyclic) bond motifs is 1. The van der Waals surface area contributed by atoms with Crippen molar-refractivity contribution in [1.82, 2.24) is 0 Å². The number of rotatable bonds is 9. The summed E-state index contributed by atoms with van der Waals surface area (Å²) >= 11 is 0. The van der Waals surface area contributed by atoms with Crippen molar-refractivity contribution in [3.63, 3.8) is 0 Å². The van der Waals surface area contributed by atoms with Crippen LogP contribution in [-0.2, 0) is 0 Å². The predicted octanol–water partition coefficient (Wildman–Crippen LogP) is 7.71. The van der Waals surface area contributed by atoms with Crippen LogP contribution in [0.2, 0.25) is 0 Å². The number of hydrogen-bond acceptors (Lipinski definition) is 4. The second-order valence-corrected chi connectivity index (χ2v) is 14.2. The molecule has 3 rings (SSSR count). The third-order valence-electron chi connectivity index (χ3n) is 10.2. The van der Waals surface area contributed by atoms with Crippen LogP contribution >= 0.6 is 0 Å². The molecule has 0 amide bonds. The average Bonchev–Trinajstić information content (AvgIpc) is 3.18. The Balaban J connectivity index is 1.91. The standard InChI is InChI=1S/C32H48F6O4/c1-27(2,41)13-6-14-28(3,15-7-17-30(42,31(33,34)35)32(36,37)38)26-12-11-25-22(8-5-16-29(25,26)4)10-9-21-18-23(39)20-24(40)19-21/h7,9-10,17,23-26,39-42H,5-6,8,11-16,18-20H2,1-4H3/t23-,24-,25?,26-,28-,29+/m1/s1. The van der Waals surface area contributed by atoms with E-state index < -0.39 is 41.2 Å². The molecule has 242 valence electrons. The molecule has 0 radical (unpaired) electrons. The van der Waals surface area contributed by atoms with E-state index in [4.69, 9.17) is 0 Å². The molecule has 0 heterocycles. The first-order valence-corrected chi connectivity index (χ1v) is 15.1. The SMILES string of the molecule is CC(C)(O)CCC[C@](C)(CC=CC(O)(C(F)(F)F)C(F)(F)F)[C@H]1CCC2C(=CC=C3C[C@@H](O)C[C@H](O)C3)CCC[C@@]21C. The Morgan fingerprint density at radius 3 is 2.02 bits per heavy atom. The molecule has 0 aromatic heterocycles. The minimum atomic E-state index is -5.91. The highest BCUT2D eigenvalue weighted by atomic mass is 19.4. The Kier molecular flexibility index (Phi) is 10.5. The summed E-state index contributed by atoms with van der Waals surface area (Å²) in [5, 5.41) is 40.1. The Labute approximate surface area is 245 Å². The van der Waals surface area contributed by atoms with E-state index in [1.54, 1.807) is 13.8 Å². The minimum absolute atomic E-state index is 0.000925. The summed E-state index contributed by atoms with van der Waals surface area (Å²) in [5.74, 6) is 0.201. The van der Waals surface area contributed by atoms with Gasteiger partial charge in [-0.05, 0) is 113 Å². The zero-order chi connectivity index (χ0) is 31.8. The smallest absolute Gasteiger partial charge is 0.393 e. The summed E-state index contributed by atoms with van der Waals surface area (Å²) in [7, 11) is 0. The average molecular weight is 611 g/mol. The predicted molar refractivity (Wildman–Crippen MR) is 149 cm³/mol. The monoisotopic (exact) mass is 610 g/mol. The van der Waals surface area contributed by atoms with Gasteiger partial charge < -0.3 is 20.4 Å². The largest absolute Gasteiger partial charge is 0.429 e. The summed E-state index contributed by atoms with van der Waals surface area (Å²) in [6.07, 6.45) is -1.06. The van der Waals surface area contributed by atoms with E-state index in [0.29, 0.717) is 38.5 Å². The second kappa shape index (κ2) is 12.6. The van der Waals surface area contributed by atoms with Crippen molar-refractivity contribution in [3.05, 3.63) is 35.5 Å². The number of halogens is 6. The summed E-state index contributed by atoms with van der Waals surface area (Å²) < 4.78 is 80.1. The molecule has 42 heavy (non-hydrogen) atoms. The molecule has 1 unspecified atom stereocenters. The van der Waals surface area contributed by atoms with E-state index in [1.807, 2.05) is 13.0 Å². The topological polar surface area (TPSA) is 80.9 Å². The summed E-state index contributed by atoms with van der Waals surface area (Å²) in [6.45, 7) is 7.44. The van der Waals surface area contributed by atoms with E-state index in [0.717, 1.165) is 43.8 Å². The fourth-order valence-corrected chi connectivity index (χ4v) is 8.11. The van der Waals surface area contributed by atoms with E-state index in [9.17, 15) is 46.8 Å². The second-order valence-electron chi connectivity index (χ2n) is 14.2. The molecule has 0 aromatic rings. The quantitative estimate of drug-likeness (QED) is 0.159. The Bertz CT molecular complexity index is 997. The number of aliphatic hydroxyl groups is 4. The van der Waals surface area contributed by atoms with Crippen LogP contribution in [0.25, 0.3) is 0 Å². The van der Waals surface area contributed by atoms with Gasteiger partial charge in [-0.2, -0.15) is 26.3 Å². The molecule has 3 aliphatic carbocycles. The van der Waals surface area contributed by atoms with Gasteiger partial charge in [-0.25, -0.2) is 0 Å². The summed E-state index contributed by atoms with van der Waals surface area (Å²) in [4.78, 5) is 0. The molecule has 0 aliphatic heterocycles.